The predicted molar refractivity (Wildman–Crippen MR) is 102 cm³/mol. The lowest BCUT2D eigenvalue weighted by Gasteiger charge is -2.30. The summed E-state index contributed by atoms with van der Waals surface area (Å²) in [5.74, 6) is -0.00378. The van der Waals surface area contributed by atoms with E-state index in [1.54, 1.807) is 0 Å². The minimum absolute atomic E-state index is 0.175. The second-order valence-corrected chi connectivity index (χ2v) is 6.98. The second kappa shape index (κ2) is 9.13. The average molecular weight is 403 g/mol. The van der Waals surface area contributed by atoms with Gasteiger partial charge < -0.3 is 15.0 Å². The van der Waals surface area contributed by atoms with E-state index in [1.165, 1.54) is 5.56 Å². The molecule has 0 bridgehead atoms. The lowest BCUT2D eigenvalue weighted by atomic mass is 9.97. The van der Waals surface area contributed by atoms with Crippen LogP contribution in [0.5, 0.6) is 0 Å². The van der Waals surface area contributed by atoms with Crippen molar-refractivity contribution in [1.82, 2.24) is 10.2 Å². The molecule has 1 fully saturated rings. The van der Waals surface area contributed by atoms with Crippen molar-refractivity contribution in [3.63, 3.8) is 0 Å². The van der Waals surface area contributed by atoms with Crippen LogP contribution in [0.25, 0.3) is 0 Å². The van der Waals surface area contributed by atoms with Gasteiger partial charge in [0.05, 0.1) is 19.1 Å². The van der Waals surface area contributed by atoms with Crippen LogP contribution >= 0.6 is 15.9 Å². The van der Waals surface area contributed by atoms with Crippen LogP contribution in [0.1, 0.15) is 17.0 Å². The first kappa shape index (κ1) is 18.1. The van der Waals surface area contributed by atoms with Crippen LogP contribution in [0.3, 0.4) is 0 Å². The molecule has 3 rings (SSSR count). The molecule has 0 aliphatic carbocycles. The fourth-order valence-electron chi connectivity index (χ4n) is 3.03. The monoisotopic (exact) mass is 402 g/mol. The van der Waals surface area contributed by atoms with Crippen LogP contribution in [-0.4, -0.2) is 43.7 Å². The molecule has 0 aromatic heterocycles. The molecule has 1 N–H and O–H groups in total. The number of hydrogen-bond acceptors (Lipinski definition) is 3. The summed E-state index contributed by atoms with van der Waals surface area (Å²) < 4.78 is 6.45. The summed E-state index contributed by atoms with van der Waals surface area (Å²) in [6.07, 6.45) is 0. The molecule has 1 atom stereocenters. The maximum absolute atomic E-state index is 13.0. The van der Waals surface area contributed by atoms with Gasteiger partial charge in [-0.3, -0.25) is 4.79 Å². The number of rotatable bonds is 6. The number of amides is 1. The zero-order valence-electron chi connectivity index (χ0n) is 14.2. The number of nitrogens with zero attached hydrogens (tertiary/aromatic N) is 1. The molecule has 2 aromatic carbocycles. The Labute approximate surface area is 157 Å². The van der Waals surface area contributed by atoms with E-state index < -0.39 is 0 Å². The van der Waals surface area contributed by atoms with Crippen LogP contribution in [-0.2, 0) is 16.1 Å². The fraction of sp³-hybridized carbons (Fsp3) is 0.350. The summed E-state index contributed by atoms with van der Waals surface area (Å²) in [6, 6.07) is 18.2. The lowest BCUT2D eigenvalue weighted by molar-refractivity contribution is -0.136. The van der Waals surface area contributed by atoms with Gasteiger partial charge >= 0.3 is 0 Å². The highest BCUT2D eigenvalue weighted by atomic mass is 79.9. The Morgan fingerprint density at radius 1 is 1.08 bits per heavy atom. The Bertz CT molecular complexity index is 687. The van der Waals surface area contributed by atoms with Crippen LogP contribution in [0, 0.1) is 0 Å². The van der Waals surface area contributed by atoms with Gasteiger partial charge in [-0.2, -0.15) is 0 Å². The summed E-state index contributed by atoms with van der Waals surface area (Å²) in [4.78, 5) is 14.9. The molecular weight excluding hydrogens is 380 g/mol. The first-order valence-electron chi connectivity index (χ1n) is 8.61. The lowest BCUT2D eigenvalue weighted by Crippen LogP contribution is -2.45. The van der Waals surface area contributed by atoms with E-state index in [2.05, 4.69) is 27.3 Å². The summed E-state index contributed by atoms with van der Waals surface area (Å²) in [5.41, 5.74) is 2.24. The van der Waals surface area contributed by atoms with Gasteiger partial charge in [0.1, 0.15) is 0 Å². The van der Waals surface area contributed by atoms with Gasteiger partial charge in [0.25, 0.3) is 0 Å². The van der Waals surface area contributed by atoms with E-state index in [0.29, 0.717) is 32.8 Å². The van der Waals surface area contributed by atoms with Gasteiger partial charge in [-0.1, -0.05) is 64.5 Å². The number of morpholine rings is 1. The van der Waals surface area contributed by atoms with Crippen molar-refractivity contribution < 1.29 is 9.53 Å². The zero-order valence-corrected chi connectivity index (χ0v) is 15.7. The van der Waals surface area contributed by atoms with Crippen LogP contribution < -0.4 is 5.32 Å². The number of nitrogens with one attached hydrogen (secondary N) is 1. The number of carbonyl (C=O) groups is 1. The van der Waals surface area contributed by atoms with Gasteiger partial charge in [0, 0.05) is 30.7 Å². The van der Waals surface area contributed by atoms with E-state index >= 15 is 0 Å². The van der Waals surface area contributed by atoms with E-state index in [4.69, 9.17) is 4.74 Å². The quantitative estimate of drug-likeness (QED) is 0.806. The normalized spacial score (nSPS) is 15.8. The second-order valence-electron chi connectivity index (χ2n) is 6.12. The number of carbonyl (C=O) groups excluding carboxylic acids is 1. The zero-order chi connectivity index (χ0) is 17.5. The maximum Gasteiger partial charge on any atom is 0.231 e. The molecular formula is C20H23BrN2O2. The molecule has 25 heavy (non-hydrogen) atoms. The van der Waals surface area contributed by atoms with Gasteiger partial charge in [-0.25, -0.2) is 0 Å². The Balaban J connectivity index is 1.68. The van der Waals surface area contributed by atoms with Crippen molar-refractivity contribution in [1.29, 1.82) is 0 Å². The molecule has 1 unspecified atom stereocenters. The summed E-state index contributed by atoms with van der Waals surface area (Å²) in [7, 11) is 0. The average Bonchev–Trinajstić information content (AvgIpc) is 2.67. The number of benzene rings is 2. The van der Waals surface area contributed by atoms with E-state index in [0.717, 1.165) is 16.6 Å². The first-order valence-corrected chi connectivity index (χ1v) is 9.40. The Morgan fingerprint density at radius 3 is 2.48 bits per heavy atom. The Hall–Kier alpha value is -1.69. The number of ether oxygens (including phenoxy) is 1. The molecule has 1 saturated heterocycles. The minimum Gasteiger partial charge on any atom is -0.378 e. The maximum atomic E-state index is 13.0. The number of hydrogen-bond donors (Lipinski definition) is 1. The van der Waals surface area contributed by atoms with Crippen molar-refractivity contribution in [3.8, 4) is 0 Å². The smallest absolute Gasteiger partial charge is 0.231 e. The third-order valence-electron chi connectivity index (χ3n) is 4.44. The highest BCUT2D eigenvalue weighted by Gasteiger charge is 2.26. The molecule has 4 nitrogen and oxygen atoms in total. The van der Waals surface area contributed by atoms with Crippen molar-refractivity contribution in [2.24, 2.45) is 0 Å². The van der Waals surface area contributed by atoms with Gasteiger partial charge in [-0.05, 0) is 17.2 Å². The van der Waals surface area contributed by atoms with Crippen molar-refractivity contribution >= 4 is 21.8 Å². The first-order chi connectivity index (χ1) is 12.3. The van der Waals surface area contributed by atoms with Crippen molar-refractivity contribution in [2.45, 2.75) is 12.5 Å². The Kier molecular flexibility index (Phi) is 6.62. The molecule has 0 spiro atoms. The van der Waals surface area contributed by atoms with Crippen LogP contribution in [0.2, 0.25) is 0 Å². The summed E-state index contributed by atoms with van der Waals surface area (Å²) in [6.45, 7) is 3.93. The molecule has 1 aliphatic heterocycles. The number of halogens is 1. The molecule has 1 aliphatic rings. The largest absolute Gasteiger partial charge is 0.378 e. The third kappa shape index (κ3) is 4.91. The van der Waals surface area contributed by atoms with E-state index in [9.17, 15) is 4.79 Å². The summed E-state index contributed by atoms with van der Waals surface area (Å²) in [5, 5.41) is 3.45. The highest BCUT2D eigenvalue weighted by Crippen LogP contribution is 2.20. The topological polar surface area (TPSA) is 41.6 Å². The fourth-order valence-corrected chi connectivity index (χ4v) is 3.46. The summed E-state index contributed by atoms with van der Waals surface area (Å²) >= 11 is 3.57. The van der Waals surface area contributed by atoms with Crippen LogP contribution in [0.4, 0.5) is 0 Å². The minimum atomic E-state index is -0.179. The highest BCUT2D eigenvalue weighted by molar-refractivity contribution is 9.10. The predicted octanol–water partition coefficient (Wildman–Crippen LogP) is 3.18. The third-order valence-corrected chi connectivity index (χ3v) is 5.22. The SMILES string of the molecule is O=C(C(CNCc1ccccc1Br)c1ccccc1)N1CCOCC1. The molecule has 2 aromatic rings. The molecule has 0 radical (unpaired) electrons. The Morgan fingerprint density at radius 2 is 1.76 bits per heavy atom. The molecule has 1 amide bonds. The van der Waals surface area contributed by atoms with Gasteiger partial charge in [-0.15, -0.1) is 0 Å². The molecule has 5 heteroatoms. The molecule has 1 heterocycles. The van der Waals surface area contributed by atoms with Crippen LogP contribution in [0.15, 0.2) is 59.1 Å². The van der Waals surface area contributed by atoms with Gasteiger partial charge in [0.15, 0.2) is 0 Å². The molecule has 0 saturated carbocycles. The van der Waals surface area contributed by atoms with E-state index in [-0.39, 0.29) is 11.8 Å². The van der Waals surface area contributed by atoms with Crippen molar-refractivity contribution in [3.05, 3.63) is 70.2 Å². The standard InChI is InChI=1S/C20H23BrN2O2/c21-19-9-5-4-8-17(19)14-22-15-18(16-6-2-1-3-7-16)20(24)23-10-12-25-13-11-23/h1-9,18,22H,10-15H2. The van der Waals surface area contributed by atoms with Crippen molar-refractivity contribution in [2.75, 3.05) is 32.8 Å². The van der Waals surface area contributed by atoms with Gasteiger partial charge in [0.2, 0.25) is 5.91 Å². The molecule has 132 valence electrons. The van der Waals surface area contributed by atoms with E-state index in [1.807, 2.05) is 53.4 Å².